The summed E-state index contributed by atoms with van der Waals surface area (Å²) >= 11 is 0. The number of amides is 1. The molecule has 116 valence electrons. The molecule has 0 bridgehead atoms. The fraction of sp³-hybridized carbons (Fsp3) is 0.353. The topological polar surface area (TPSA) is 75.1 Å². The summed E-state index contributed by atoms with van der Waals surface area (Å²) in [5, 5.41) is 12.8. The second-order valence-electron chi connectivity index (χ2n) is 5.85. The van der Waals surface area contributed by atoms with Gasteiger partial charge >= 0.3 is 0 Å². The van der Waals surface area contributed by atoms with Gasteiger partial charge in [0.15, 0.2) is 0 Å². The quantitative estimate of drug-likeness (QED) is 0.830. The molecule has 5 nitrogen and oxygen atoms in total. The lowest BCUT2D eigenvalue weighted by atomic mass is 9.92. The average molecular weight is 299 g/mol. The molecule has 2 rings (SSSR count). The number of nitrogens with zero attached hydrogens (tertiary/aromatic N) is 2. The molecule has 0 saturated heterocycles. The molecule has 0 fully saturated rings. The molecule has 1 atom stereocenters. The van der Waals surface area contributed by atoms with E-state index in [1.165, 1.54) is 6.08 Å². The van der Waals surface area contributed by atoms with Gasteiger partial charge in [-0.05, 0) is 31.1 Å². The highest BCUT2D eigenvalue weighted by atomic mass is 16.3. The zero-order chi connectivity index (χ0) is 16.2. The molecule has 1 aromatic carbocycles. The minimum absolute atomic E-state index is 0.0585. The van der Waals surface area contributed by atoms with Gasteiger partial charge in [0.25, 0.3) is 0 Å². The Labute approximate surface area is 130 Å². The summed E-state index contributed by atoms with van der Waals surface area (Å²) in [5.74, 6) is -0.209. The number of para-hydroxylation sites is 2. The number of fused-ring (bicyclic) bond motifs is 1. The molecule has 0 radical (unpaired) electrons. The Bertz CT molecular complexity index is 693. The van der Waals surface area contributed by atoms with Gasteiger partial charge in [-0.3, -0.25) is 9.78 Å². The maximum Gasteiger partial charge on any atom is 0.244 e. The molecule has 0 aliphatic carbocycles. The molecule has 2 aromatic rings. The molecule has 0 aliphatic rings. The maximum absolute atomic E-state index is 11.8. The van der Waals surface area contributed by atoms with E-state index in [4.69, 9.17) is 0 Å². The van der Waals surface area contributed by atoms with Gasteiger partial charge in [-0.15, -0.1) is 0 Å². The van der Waals surface area contributed by atoms with E-state index in [9.17, 15) is 9.90 Å². The van der Waals surface area contributed by atoms with Crippen LogP contribution in [0.4, 0.5) is 0 Å². The van der Waals surface area contributed by atoms with Crippen LogP contribution in [0.1, 0.15) is 26.5 Å². The summed E-state index contributed by atoms with van der Waals surface area (Å²) in [6.07, 6.45) is 4.63. The van der Waals surface area contributed by atoms with E-state index >= 15 is 0 Å². The number of hydrogen-bond acceptors (Lipinski definition) is 4. The highest BCUT2D eigenvalue weighted by Gasteiger charge is 2.24. The lowest BCUT2D eigenvalue weighted by Gasteiger charge is -2.27. The highest BCUT2D eigenvalue weighted by molar-refractivity contribution is 5.91. The third-order valence-electron chi connectivity index (χ3n) is 3.74. The van der Waals surface area contributed by atoms with Gasteiger partial charge in [0, 0.05) is 12.6 Å². The second-order valence-corrected chi connectivity index (χ2v) is 5.85. The van der Waals surface area contributed by atoms with Crippen molar-refractivity contribution >= 4 is 23.0 Å². The lowest BCUT2D eigenvalue weighted by molar-refractivity contribution is -0.118. The first-order valence-electron chi connectivity index (χ1n) is 7.28. The van der Waals surface area contributed by atoms with E-state index in [-0.39, 0.29) is 18.4 Å². The maximum atomic E-state index is 11.8. The van der Waals surface area contributed by atoms with Crippen LogP contribution in [-0.4, -0.2) is 33.1 Å². The van der Waals surface area contributed by atoms with Crippen LogP contribution in [0.5, 0.6) is 0 Å². The fourth-order valence-electron chi connectivity index (χ4n) is 1.74. The molecule has 1 unspecified atom stereocenters. The number of carbonyl (C=O) groups is 1. The number of benzene rings is 1. The Kier molecular flexibility index (Phi) is 4.88. The summed E-state index contributed by atoms with van der Waals surface area (Å²) < 4.78 is 0. The third kappa shape index (κ3) is 4.11. The fourth-order valence-corrected chi connectivity index (χ4v) is 1.74. The van der Waals surface area contributed by atoms with E-state index in [1.54, 1.807) is 19.2 Å². The van der Waals surface area contributed by atoms with Crippen molar-refractivity contribution in [1.29, 1.82) is 0 Å². The predicted molar refractivity (Wildman–Crippen MR) is 87.0 cm³/mol. The van der Waals surface area contributed by atoms with Crippen molar-refractivity contribution in [3.8, 4) is 0 Å². The van der Waals surface area contributed by atoms with Crippen molar-refractivity contribution in [2.75, 3.05) is 6.54 Å². The zero-order valence-corrected chi connectivity index (χ0v) is 13.1. The van der Waals surface area contributed by atoms with Crippen molar-refractivity contribution in [3.05, 3.63) is 42.2 Å². The Morgan fingerprint density at radius 2 is 2.05 bits per heavy atom. The van der Waals surface area contributed by atoms with Crippen molar-refractivity contribution in [2.24, 2.45) is 5.92 Å². The number of aromatic nitrogens is 2. The van der Waals surface area contributed by atoms with Crippen molar-refractivity contribution in [3.63, 3.8) is 0 Å². The Hall–Kier alpha value is -2.27. The summed E-state index contributed by atoms with van der Waals surface area (Å²) in [7, 11) is 0. The molecule has 0 spiro atoms. The molecule has 2 N–H and O–H groups in total. The predicted octanol–water partition coefficient (Wildman–Crippen LogP) is 2.17. The smallest absolute Gasteiger partial charge is 0.244 e. The van der Waals surface area contributed by atoms with E-state index in [1.807, 2.05) is 38.1 Å². The van der Waals surface area contributed by atoms with Gasteiger partial charge in [-0.25, -0.2) is 4.98 Å². The number of carbonyl (C=O) groups excluding carboxylic acids is 1. The van der Waals surface area contributed by atoms with Crippen LogP contribution >= 0.6 is 0 Å². The Balaban J connectivity index is 1.99. The van der Waals surface area contributed by atoms with Crippen molar-refractivity contribution in [1.82, 2.24) is 15.3 Å². The first kappa shape index (κ1) is 16.1. The Morgan fingerprint density at radius 3 is 2.73 bits per heavy atom. The molecular weight excluding hydrogens is 278 g/mol. The minimum atomic E-state index is -0.924. The van der Waals surface area contributed by atoms with Crippen molar-refractivity contribution < 1.29 is 9.90 Å². The molecule has 0 aliphatic heterocycles. The molecule has 1 heterocycles. The van der Waals surface area contributed by atoms with Crippen LogP contribution < -0.4 is 5.32 Å². The number of nitrogens with one attached hydrogen (secondary N) is 1. The first-order valence-corrected chi connectivity index (χ1v) is 7.28. The highest BCUT2D eigenvalue weighted by Crippen LogP contribution is 2.14. The van der Waals surface area contributed by atoms with E-state index in [2.05, 4.69) is 15.3 Å². The molecule has 0 saturated carbocycles. The molecular formula is C17H21N3O2. The van der Waals surface area contributed by atoms with Gasteiger partial charge in [0.1, 0.15) is 0 Å². The van der Waals surface area contributed by atoms with Crippen LogP contribution in [0.3, 0.4) is 0 Å². The van der Waals surface area contributed by atoms with Crippen molar-refractivity contribution in [2.45, 2.75) is 26.4 Å². The number of hydrogen-bond donors (Lipinski definition) is 2. The second kappa shape index (κ2) is 6.66. The summed E-state index contributed by atoms with van der Waals surface area (Å²) in [6.45, 7) is 5.73. The zero-order valence-electron chi connectivity index (χ0n) is 13.1. The van der Waals surface area contributed by atoms with E-state index in [0.717, 1.165) is 11.0 Å². The van der Waals surface area contributed by atoms with Gasteiger partial charge in [-0.1, -0.05) is 26.0 Å². The van der Waals surface area contributed by atoms with Crippen LogP contribution in [0.25, 0.3) is 17.1 Å². The van der Waals surface area contributed by atoms with E-state index in [0.29, 0.717) is 5.69 Å². The standard InChI is InChI=1S/C17H21N3O2/c1-12(2)17(3,22)11-19-16(21)9-8-13-10-18-14-6-4-5-7-15(14)20-13/h4-10,12,22H,11H2,1-3H3,(H,19,21). The number of rotatable bonds is 5. The summed E-state index contributed by atoms with van der Waals surface area (Å²) in [5.41, 5.74) is 1.29. The van der Waals surface area contributed by atoms with E-state index < -0.39 is 5.60 Å². The summed E-state index contributed by atoms with van der Waals surface area (Å²) in [4.78, 5) is 20.5. The molecule has 1 aromatic heterocycles. The SMILES string of the molecule is CC(C)C(C)(O)CNC(=O)C=Cc1cnc2ccccc2n1. The van der Waals surface area contributed by atoms with Crippen LogP contribution in [0.15, 0.2) is 36.5 Å². The van der Waals surface area contributed by atoms with Crippen LogP contribution in [0.2, 0.25) is 0 Å². The monoisotopic (exact) mass is 299 g/mol. The lowest BCUT2D eigenvalue weighted by Crippen LogP contribution is -2.43. The normalized spacial score (nSPS) is 14.4. The first-order chi connectivity index (χ1) is 10.4. The number of aliphatic hydroxyl groups is 1. The third-order valence-corrected chi connectivity index (χ3v) is 3.74. The van der Waals surface area contributed by atoms with Gasteiger partial charge in [0.2, 0.25) is 5.91 Å². The van der Waals surface area contributed by atoms with Gasteiger partial charge in [0.05, 0.1) is 28.5 Å². The molecule has 5 heteroatoms. The van der Waals surface area contributed by atoms with Crippen LogP contribution in [-0.2, 0) is 4.79 Å². The largest absolute Gasteiger partial charge is 0.388 e. The summed E-state index contributed by atoms with van der Waals surface area (Å²) in [6, 6.07) is 7.56. The average Bonchev–Trinajstić information content (AvgIpc) is 2.50. The Morgan fingerprint density at radius 1 is 1.36 bits per heavy atom. The van der Waals surface area contributed by atoms with Crippen LogP contribution in [0, 0.1) is 5.92 Å². The van der Waals surface area contributed by atoms with Gasteiger partial charge < -0.3 is 10.4 Å². The minimum Gasteiger partial charge on any atom is -0.388 e. The molecule has 1 amide bonds. The molecule has 22 heavy (non-hydrogen) atoms. The van der Waals surface area contributed by atoms with Gasteiger partial charge in [-0.2, -0.15) is 0 Å².